The van der Waals surface area contributed by atoms with Crippen LogP contribution in [0, 0.1) is 10.8 Å². The van der Waals surface area contributed by atoms with Crippen molar-refractivity contribution in [2.24, 2.45) is 10.8 Å². The van der Waals surface area contributed by atoms with Crippen LogP contribution >= 0.6 is 23.5 Å². The molecule has 0 aromatic carbocycles. The standard InChI is InChI=1S/C43H83NO4S2/c1-9-11-13-15-17-19-27-36-49-40(46)42(3,4)33-25-21-23-30-38(48-39(45)32-29-35-44(7)8)31-24-22-26-34-43(5,6)41(47)50-37-28-20-18-16-14-12-10-2/h38H,9-37H2,1-8H3. The second-order valence-corrected chi connectivity index (χ2v) is 18.6. The summed E-state index contributed by atoms with van der Waals surface area (Å²) in [5, 5.41) is 0.675. The highest BCUT2D eigenvalue weighted by Crippen LogP contribution is 2.32. The molecule has 0 heterocycles. The number of carbonyl (C=O) groups is 3. The lowest BCUT2D eigenvalue weighted by atomic mass is 9.87. The zero-order valence-corrected chi connectivity index (χ0v) is 36.1. The van der Waals surface area contributed by atoms with Gasteiger partial charge in [0.2, 0.25) is 0 Å². The molecular formula is C43H83NO4S2. The molecule has 0 aromatic rings. The van der Waals surface area contributed by atoms with Crippen molar-refractivity contribution in [1.29, 1.82) is 0 Å². The van der Waals surface area contributed by atoms with Crippen LogP contribution in [0.4, 0.5) is 0 Å². The molecule has 0 aliphatic carbocycles. The first-order valence-corrected chi connectivity index (χ1v) is 23.0. The first kappa shape index (κ1) is 49.5. The van der Waals surface area contributed by atoms with Crippen molar-refractivity contribution in [2.45, 2.75) is 215 Å². The monoisotopic (exact) mass is 742 g/mol. The summed E-state index contributed by atoms with van der Waals surface area (Å²) < 4.78 is 6.01. The van der Waals surface area contributed by atoms with Gasteiger partial charge in [-0.3, -0.25) is 14.4 Å². The van der Waals surface area contributed by atoms with Gasteiger partial charge in [0, 0.05) is 28.8 Å². The summed E-state index contributed by atoms with van der Waals surface area (Å²) in [6, 6.07) is 0. The first-order valence-electron chi connectivity index (χ1n) is 21.0. The number of hydrogen-bond acceptors (Lipinski definition) is 7. The molecule has 0 radical (unpaired) electrons. The summed E-state index contributed by atoms with van der Waals surface area (Å²) in [5.74, 6) is 1.82. The number of rotatable bonds is 35. The fourth-order valence-corrected chi connectivity index (χ4v) is 8.37. The summed E-state index contributed by atoms with van der Waals surface area (Å²) >= 11 is 3.08. The average molecular weight is 742 g/mol. The van der Waals surface area contributed by atoms with E-state index in [1.54, 1.807) is 0 Å². The van der Waals surface area contributed by atoms with Gasteiger partial charge in [0.05, 0.1) is 0 Å². The Morgan fingerprint density at radius 2 is 0.920 bits per heavy atom. The van der Waals surface area contributed by atoms with E-state index in [0.29, 0.717) is 16.7 Å². The maximum atomic E-state index is 12.9. The molecule has 0 N–H and O–H groups in total. The fourth-order valence-electron chi connectivity index (χ4n) is 6.32. The molecule has 5 nitrogen and oxygen atoms in total. The molecule has 0 unspecified atom stereocenters. The number of thioether (sulfide) groups is 2. The maximum Gasteiger partial charge on any atom is 0.306 e. The van der Waals surface area contributed by atoms with E-state index in [1.807, 2.05) is 14.1 Å². The molecule has 0 aromatic heterocycles. The number of unbranched alkanes of at least 4 members (excludes halogenated alkanes) is 16. The van der Waals surface area contributed by atoms with Gasteiger partial charge in [-0.1, -0.05) is 168 Å². The largest absolute Gasteiger partial charge is 0.462 e. The molecule has 0 atom stereocenters. The van der Waals surface area contributed by atoms with Gasteiger partial charge in [-0.2, -0.15) is 0 Å². The summed E-state index contributed by atoms with van der Waals surface area (Å²) in [5.41, 5.74) is -0.572. The summed E-state index contributed by atoms with van der Waals surface area (Å²) in [7, 11) is 4.06. The fraction of sp³-hybridized carbons (Fsp3) is 0.930. The van der Waals surface area contributed by atoms with Gasteiger partial charge < -0.3 is 9.64 Å². The molecule has 0 saturated heterocycles. The SMILES string of the molecule is CCCCCCCCCSC(=O)C(C)(C)CCCCCC(CCCCCC(C)(C)C(=O)SCCCCCCCCC)OC(=O)CCCN(C)C. The quantitative estimate of drug-likeness (QED) is 0.0473. The van der Waals surface area contributed by atoms with E-state index in [-0.39, 0.29) is 22.9 Å². The Balaban J connectivity index is 4.51. The van der Waals surface area contributed by atoms with Gasteiger partial charge in [-0.15, -0.1) is 0 Å². The normalized spacial score (nSPS) is 12.3. The Hall–Kier alpha value is -0.530. The van der Waals surface area contributed by atoms with Crippen molar-refractivity contribution in [2.75, 3.05) is 32.1 Å². The average Bonchev–Trinajstić information content (AvgIpc) is 3.06. The molecule has 50 heavy (non-hydrogen) atoms. The minimum absolute atomic E-state index is 0.0406. The van der Waals surface area contributed by atoms with E-state index in [0.717, 1.165) is 102 Å². The lowest BCUT2D eigenvalue weighted by Gasteiger charge is -2.23. The van der Waals surface area contributed by atoms with Crippen molar-refractivity contribution >= 4 is 39.7 Å². The van der Waals surface area contributed by atoms with E-state index >= 15 is 0 Å². The summed E-state index contributed by atoms with van der Waals surface area (Å²) in [6.45, 7) is 13.8. The van der Waals surface area contributed by atoms with Gasteiger partial charge in [0.25, 0.3) is 0 Å². The molecular weight excluding hydrogens is 659 g/mol. The van der Waals surface area contributed by atoms with Crippen molar-refractivity contribution < 1.29 is 19.1 Å². The second-order valence-electron chi connectivity index (χ2n) is 16.5. The Labute approximate surface area is 320 Å². The predicted octanol–water partition coefficient (Wildman–Crippen LogP) is 13.2. The molecule has 0 aliphatic rings. The van der Waals surface area contributed by atoms with Crippen LogP contribution < -0.4 is 0 Å². The zero-order valence-electron chi connectivity index (χ0n) is 34.5. The van der Waals surface area contributed by atoms with Crippen molar-refractivity contribution in [3.05, 3.63) is 0 Å². The van der Waals surface area contributed by atoms with Crippen molar-refractivity contribution in [1.82, 2.24) is 4.90 Å². The Kier molecular flexibility index (Phi) is 31.6. The first-order chi connectivity index (χ1) is 23.9. The van der Waals surface area contributed by atoms with Gasteiger partial charge in [0.15, 0.2) is 10.2 Å². The minimum atomic E-state index is -0.286. The Bertz CT molecular complexity index is 791. The summed E-state index contributed by atoms with van der Waals surface area (Å²) in [6.07, 6.45) is 29.0. The molecule has 0 saturated carbocycles. The third kappa shape index (κ3) is 29.0. The van der Waals surface area contributed by atoms with Crippen LogP contribution in [0.3, 0.4) is 0 Å². The van der Waals surface area contributed by atoms with Crippen LogP contribution in [0.5, 0.6) is 0 Å². The Morgan fingerprint density at radius 1 is 0.540 bits per heavy atom. The predicted molar refractivity (Wildman–Crippen MR) is 222 cm³/mol. The van der Waals surface area contributed by atoms with Gasteiger partial charge in [0.1, 0.15) is 6.10 Å². The van der Waals surface area contributed by atoms with E-state index in [4.69, 9.17) is 4.74 Å². The highest BCUT2D eigenvalue weighted by atomic mass is 32.2. The lowest BCUT2D eigenvalue weighted by molar-refractivity contribution is -0.150. The highest BCUT2D eigenvalue weighted by molar-refractivity contribution is 8.14. The lowest BCUT2D eigenvalue weighted by Crippen LogP contribution is -2.22. The van der Waals surface area contributed by atoms with Crippen LogP contribution in [0.25, 0.3) is 0 Å². The van der Waals surface area contributed by atoms with Crippen LogP contribution in [0.1, 0.15) is 208 Å². The number of nitrogens with zero attached hydrogens (tertiary/aromatic N) is 1. The number of esters is 1. The number of hydrogen-bond donors (Lipinski definition) is 0. The van der Waals surface area contributed by atoms with Crippen LogP contribution in [-0.2, 0) is 19.1 Å². The Morgan fingerprint density at radius 3 is 1.32 bits per heavy atom. The number of ether oxygens (including phenoxy) is 1. The smallest absolute Gasteiger partial charge is 0.306 e. The third-order valence-electron chi connectivity index (χ3n) is 10.0. The van der Waals surface area contributed by atoms with Gasteiger partial charge >= 0.3 is 5.97 Å². The van der Waals surface area contributed by atoms with Gasteiger partial charge in [-0.25, -0.2) is 0 Å². The van der Waals surface area contributed by atoms with Crippen molar-refractivity contribution in [3.63, 3.8) is 0 Å². The third-order valence-corrected chi connectivity index (χ3v) is 12.6. The molecule has 0 aliphatic heterocycles. The van der Waals surface area contributed by atoms with Crippen molar-refractivity contribution in [3.8, 4) is 0 Å². The van der Waals surface area contributed by atoms with E-state index in [9.17, 15) is 14.4 Å². The maximum absolute atomic E-state index is 12.9. The highest BCUT2D eigenvalue weighted by Gasteiger charge is 2.28. The second kappa shape index (κ2) is 31.9. The topological polar surface area (TPSA) is 63.7 Å². The molecule has 0 rings (SSSR count). The number of carbonyl (C=O) groups excluding carboxylic acids is 3. The molecule has 296 valence electrons. The van der Waals surface area contributed by atoms with E-state index in [2.05, 4.69) is 46.4 Å². The minimum Gasteiger partial charge on any atom is -0.462 e. The van der Waals surface area contributed by atoms with Crippen LogP contribution in [0.2, 0.25) is 0 Å². The molecule has 0 amide bonds. The van der Waals surface area contributed by atoms with Crippen LogP contribution in [-0.4, -0.2) is 59.3 Å². The van der Waals surface area contributed by atoms with Gasteiger partial charge in [-0.05, 0) is 78.4 Å². The molecule has 0 bridgehead atoms. The molecule has 0 fully saturated rings. The van der Waals surface area contributed by atoms with E-state index < -0.39 is 0 Å². The van der Waals surface area contributed by atoms with Crippen LogP contribution in [0.15, 0.2) is 0 Å². The molecule has 0 spiro atoms. The summed E-state index contributed by atoms with van der Waals surface area (Å²) in [4.78, 5) is 40.6. The van der Waals surface area contributed by atoms with E-state index in [1.165, 1.54) is 101 Å². The zero-order chi connectivity index (χ0) is 37.5. The molecule has 7 heteroatoms.